The van der Waals surface area contributed by atoms with Crippen LogP contribution >= 0.6 is 0 Å². The number of hydrogen-bond donors (Lipinski definition) is 2. The van der Waals surface area contributed by atoms with Gasteiger partial charge < -0.3 is 15.0 Å². The van der Waals surface area contributed by atoms with E-state index in [9.17, 15) is 5.11 Å². The molecular weight excluding hydrogens is 226 g/mol. The summed E-state index contributed by atoms with van der Waals surface area (Å²) in [5.41, 5.74) is 2.24. The first-order valence-corrected chi connectivity index (χ1v) is 6.31. The molecule has 0 amide bonds. The Bertz CT molecular complexity index is 514. The molecule has 2 N–H and O–H groups in total. The fourth-order valence-corrected chi connectivity index (χ4v) is 1.93. The van der Waals surface area contributed by atoms with E-state index in [2.05, 4.69) is 21.1 Å². The molecule has 2 aromatic rings. The van der Waals surface area contributed by atoms with Crippen LogP contribution in [0.1, 0.15) is 24.1 Å². The third-order valence-electron chi connectivity index (χ3n) is 3.14. The Balaban J connectivity index is 1.60. The van der Waals surface area contributed by atoms with E-state index in [4.69, 9.17) is 0 Å². The topological polar surface area (TPSA) is 50.1 Å². The van der Waals surface area contributed by atoms with Crippen molar-refractivity contribution < 1.29 is 5.11 Å². The molecule has 1 saturated carbocycles. The summed E-state index contributed by atoms with van der Waals surface area (Å²) in [6.45, 7) is 1.64. The number of phenolic OH excluding ortho intramolecular Hbond substituents is 1. The van der Waals surface area contributed by atoms with Crippen LogP contribution in [-0.4, -0.2) is 20.7 Å². The second-order valence-electron chi connectivity index (χ2n) is 4.86. The van der Waals surface area contributed by atoms with Gasteiger partial charge >= 0.3 is 0 Å². The molecular formula is C14H17N3O. The van der Waals surface area contributed by atoms with E-state index >= 15 is 0 Å². The van der Waals surface area contributed by atoms with E-state index in [1.54, 1.807) is 12.1 Å². The Hall–Kier alpha value is -1.81. The maximum Gasteiger partial charge on any atom is 0.115 e. The summed E-state index contributed by atoms with van der Waals surface area (Å²) in [6.07, 6.45) is 6.53. The lowest BCUT2D eigenvalue weighted by Crippen LogP contribution is -2.15. The van der Waals surface area contributed by atoms with Gasteiger partial charge in [-0.05, 0) is 30.5 Å². The number of nitrogens with zero attached hydrogens (tertiary/aromatic N) is 2. The summed E-state index contributed by atoms with van der Waals surface area (Å²) >= 11 is 0. The van der Waals surface area contributed by atoms with Gasteiger partial charge in [0.25, 0.3) is 0 Å². The predicted molar refractivity (Wildman–Crippen MR) is 69.3 cm³/mol. The summed E-state index contributed by atoms with van der Waals surface area (Å²) in [7, 11) is 0. The fourth-order valence-electron chi connectivity index (χ4n) is 1.93. The van der Waals surface area contributed by atoms with E-state index in [0.717, 1.165) is 24.3 Å². The standard InChI is InChI=1S/C14H17N3O/c18-14-5-1-11(2-6-14)8-17-9-13(16-10-17)7-15-12-3-4-12/h1-2,5-6,9-10,12,15,18H,3-4,7-8H2. The maximum atomic E-state index is 9.23. The van der Waals surface area contributed by atoms with Crippen molar-refractivity contribution in [3.8, 4) is 5.75 Å². The average molecular weight is 243 g/mol. The Labute approximate surface area is 106 Å². The zero-order valence-electron chi connectivity index (χ0n) is 10.2. The van der Waals surface area contributed by atoms with E-state index < -0.39 is 0 Å². The highest BCUT2D eigenvalue weighted by Crippen LogP contribution is 2.19. The lowest BCUT2D eigenvalue weighted by molar-refractivity contribution is 0.475. The molecule has 3 rings (SSSR count). The SMILES string of the molecule is Oc1ccc(Cn2cnc(CNC3CC3)c2)cc1. The molecule has 1 fully saturated rings. The number of phenols is 1. The second-order valence-corrected chi connectivity index (χ2v) is 4.86. The first-order valence-electron chi connectivity index (χ1n) is 6.31. The highest BCUT2D eigenvalue weighted by Gasteiger charge is 2.20. The lowest BCUT2D eigenvalue weighted by atomic mass is 10.2. The van der Waals surface area contributed by atoms with Crippen molar-refractivity contribution in [1.82, 2.24) is 14.9 Å². The molecule has 1 heterocycles. The van der Waals surface area contributed by atoms with Crippen LogP contribution in [0.2, 0.25) is 0 Å². The molecule has 0 radical (unpaired) electrons. The molecule has 4 heteroatoms. The monoisotopic (exact) mass is 243 g/mol. The summed E-state index contributed by atoms with van der Waals surface area (Å²) in [4.78, 5) is 4.38. The first kappa shape index (κ1) is 11.3. The molecule has 0 atom stereocenters. The van der Waals surface area contributed by atoms with Crippen molar-refractivity contribution in [1.29, 1.82) is 0 Å². The molecule has 0 saturated heterocycles. The third-order valence-corrected chi connectivity index (χ3v) is 3.14. The highest BCUT2D eigenvalue weighted by atomic mass is 16.3. The molecule has 1 aliphatic rings. The van der Waals surface area contributed by atoms with Crippen LogP contribution in [0.15, 0.2) is 36.8 Å². The number of aromatic nitrogens is 2. The van der Waals surface area contributed by atoms with Gasteiger partial charge in [0.2, 0.25) is 0 Å². The van der Waals surface area contributed by atoms with Gasteiger partial charge in [-0.1, -0.05) is 12.1 Å². The van der Waals surface area contributed by atoms with Gasteiger partial charge in [-0.3, -0.25) is 0 Å². The minimum absolute atomic E-state index is 0.304. The number of hydrogen-bond acceptors (Lipinski definition) is 3. The molecule has 18 heavy (non-hydrogen) atoms. The van der Waals surface area contributed by atoms with Crippen molar-refractivity contribution in [3.63, 3.8) is 0 Å². The molecule has 94 valence electrons. The van der Waals surface area contributed by atoms with Crippen molar-refractivity contribution >= 4 is 0 Å². The van der Waals surface area contributed by atoms with Crippen molar-refractivity contribution in [2.45, 2.75) is 32.0 Å². The van der Waals surface area contributed by atoms with Crippen LogP contribution in [0.25, 0.3) is 0 Å². The quantitative estimate of drug-likeness (QED) is 0.843. The highest BCUT2D eigenvalue weighted by molar-refractivity contribution is 5.26. The van der Waals surface area contributed by atoms with Gasteiger partial charge in [0.05, 0.1) is 12.0 Å². The summed E-state index contributed by atoms with van der Waals surface area (Å²) in [6, 6.07) is 7.99. The van der Waals surface area contributed by atoms with E-state index in [1.807, 2.05) is 18.5 Å². The van der Waals surface area contributed by atoms with Crippen LogP contribution in [0.5, 0.6) is 5.75 Å². The molecule has 1 aliphatic carbocycles. The van der Waals surface area contributed by atoms with Gasteiger partial charge in [-0.15, -0.1) is 0 Å². The predicted octanol–water partition coefficient (Wildman–Crippen LogP) is 1.89. The van der Waals surface area contributed by atoms with Crippen molar-refractivity contribution in [2.24, 2.45) is 0 Å². The van der Waals surface area contributed by atoms with Crippen LogP contribution in [0.3, 0.4) is 0 Å². The number of benzene rings is 1. The molecule has 0 unspecified atom stereocenters. The Morgan fingerprint density at radius 1 is 1.28 bits per heavy atom. The molecule has 4 nitrogen and oxygen atoms in total. The van der Waals surface area contributed by atoms with Crippen LogP contribution in [-0.2, 0) is 13.1 Å². The van der Waals surface area contributed by atoms with Crippen molar-refractivity contribution in [3.05, 3.63) is 48.0 Å². The first-order chi connectivity index (χ1) is 8.79. The van der Waals surface area contributed by atoms with Gasteiger partial charge in [0.1, 0.15) is 5.75 Å². The maximum absolute atomic E-state index is 9.23. The molecule has 0 aliphatic heterocycles. The molecule has 1 aromatic heterocycles. The van der Waals surface area contributed by atoms with Gasteiger partial charge in [-0.25, -0.2) is 4.98 Å². The summed E-state index contributed by atoms with van der Waals surface area (Å²) in [5.74, 6) is 0.304. The van der Waals surface area contributed by atoms with E-state index in [1.165, 1.54) is 12.8 Å². The van der Waals surface area contributed by atoms with E-state index in [0.29, 0.717) is 11.8 Å². The minimum Gasteiger partial charge on any atom is -0.508 e. The van der Waals surface area contributed by atoms with Gasteiger partial charge in [0, 0.05) is 25.3 Å². The second kappa shape index (κ2) is 4.82. The third kappa shape index (κ3) is 2.90. The van der Waals surface area contributed by atoms with Gasteiger partial charge in [0.15, 0.2) is 0 Å². The summed E-state index contributed by atoms with van der Waals surface area (Å²) < 4.78 is 2.07. The lowest BCUT2D eigenvalue weighted by Gasteiger charge is -2.02. The molecule has 0 bridgehead atoms. The largest absolute Gasteiger partial charge is 0.508 e. The number of aromatic hydroxyl groups is 1. The average Bonchev–Trinajstić information content (AvgIpc) is 3.10. The zero-order chi connectivity index (χ0) is 12.4. The van der Waals surface area contributed by atoms with Crippen LogP contribution in [0, 0.1) is 0 Å². The van der Waals surface area contributed by atoms with Gasteiger partial charge in [-0.2, -0.15) is 0 Å². The number of rotatable bonds is 5. The Kier molecular flexibility index (Phi) is 3.02. The molecule has 1 aromatic carbocycles. The number of imidazole rings is 1. The van der Waals surface area contributed by atoms with Crippen LogP contribution < -0.4 is 5.32 Å². The molecule has 0 spiro atoms. The Morgan fingerprint density at radius 3 is 2.78 bits per heavy atom. The van der Waals surface area contributed by atoms with Crippen LogP contribution in [0.4, 0.5) is 0 Å². The summed E-state index contributed by atoms with van der Waals surface area (Å²) in [5, 5.41) is 12.7. The smallest absolute Gasteiger partial charge is 0.115 e. The minimum atomic E-state index is 0.304. The van der Waals surface area contributed by atoms with E-state index in [-0.39, 0.29) is 0 Å². The normalized spacial score (nSPS) is 14.9. The Morgan fingerprint density at radius 2 is 2.06 bits per heavy atom. The van der Waals surface area contributed by atoms with Crippen molar-refractivity contribution in [2.75, 3.05) is 0 Å². The number of nitrogens with one attached hydrogen (secondary N) is 1. The fraction of sp³-hybridized carbons (Fsp3) is 0.357. The zero-order valence-corrected chi connectivity index (χ0v) is 10.2.